The van der Waals surface area contributed by atoms with E-state index in [0.717, 1.165) is 42.3 Å². The summed E-state index contributed by atoms with van der Waals surface area (Å²) in [7, 11) is 1.90. The number of aromatic amines is 1. The lowest BCUT2D eigenvalue weighted by molar-refractivity contribution is 0.647. The zero-order chi connectivity index (χ0) is 21.7. The average molecular weight is 459 g/mol. The molecule has 0 amide bonds. The third kappa shape index (κ3) is 3.12. The fraction of sp³-hybridized carbons (Fsp3) is 0.130. The fourth-order valence-electron chi connectivity index (χ4n) is 3.99. The number of aromatic nitrogens is 6. The van der Waals surface area contributed by atoms with Crippen molar-refractivity contribution in [2.24, 2.45) is 7.05 Å². The van der Waals surface area contributed by atoms with E-state index in [9.17, 15) is 4.79 Å². The van der Waals surface area contributed by atoms with Crippen LogP contribution in [0.5, 0.6) is 0 Å². The SMILES string of the molecule is Cn1c2nc(SCc3ccccc3)sc2c2cnn(Cc3cccc4[nH]ncc34)c(=O)c21. The average Bonchev–Trinajstić information content (AvgIpc) is 3.52. The number of hydrogen-bond acceptors (Lipinski definition) is 6. The number of benzene rings is 2. The number of thioether (sulfide) groups is 1. The third-order valence-corrected chi connectivity index (χ3v) is 7.90. The molecule has 0 fully saturated rings. The standard InChI is InChI=1S/C23H18N6OS2/c1-28-19-17(20-21(28)26-23(32-20)31-13-14-6-3-2-4-7-14)11-25-29(22(19)30)12-15-8-5-9-18-16(15)10-24-27-18/h2-11H,12-13H2,1H3,(H,24,27). The molecule has 0 aliphatic rings. The molecule has 0 saturated heterocycles. The number of nitrogens with zero attached hydrogens (tertiary/aromatic N) is 5. The molecule has 0 atom stereocenters. The van der Waals surface area contributed by atoms with Gasteiger partial charge in [0, 0.05) is 23.6 Å². The smallest absolute Gasteiger partial charge is 0.291 e. The number of hydrogen-bond donors (Lipinski definition) is 1. The minimum atomic E-state index is -0.116. The zero-order valence-electron chi connectivity index (χ0n) is 17.1. The Bertz CT molecular complexity index is 1640. The Labute approximate surface area is 190 Å². The molecule has 6 rings (SSSR count). The van der Waals surface area contributed by atoms with Crippen LogP contribution >= 0.6 is 23.1 Å². The number of H-pyrrole nitrogens is 1. The lowest BCUT2D eigenvalue weighted by Crippen LogP contribution is -2.24. The summed E-state index contributed by atoms with van der Waals surface area (Å²) in [6, 6.07) is 16.3. The number of fused-ring (bicyclic) bond motifs is 4. The number of aryl methyl sites for hydroxylation is 1. The molecule has 4 aromatic heterocycles. The molecule has 0 spiro atoms. The van der Waals surface area contributed by atoms with Gasteiger partial charge in [0.2, 0.25) is 0 Å². The van der Waals surface area contributed by atoms with Gasteiger partial charge in [0.25, 0.3) is 5.56 Å². The summed E-state index contributed by atoms with van der Waals surface area (Å²) in [4.78, 5) is 18.1. The van der Waals surface area contributed by atoms with Crippen LogP contribution in [-0.2, 0) is 19.3 Å². The molecule has 0 aliphatic carbocycles. The van der Waals surface area contributed by atoms with Gasteiger partial charge in [-0.3, -0.25) is 9.89 Å². The van der Waals surface area contributed by atoms with Crippen LogP contribution < -0.4 is 5.56 Å². The van der Waals surface area contributed by atoms with E-state index >= 15 is 0 Å². The van der Waals surface area contributed by atoms with Crippen LogP contribution in [0.25, 0.3) is 32.2 Å². The van der Waals surface area contributed by atoms with Gasteiger partial charge >= 0.3 is 0 Å². The molecule has 0 bridgehead atoms. The van der Waals surface area contributed by atoms with Crippen molar-refractivity contribution in [3.63, 3.8) is 0 Å². The van der Waals surface area contributed by atoms with E-state index < -0.39 is 0 Å². The molecule has 4 heterocycles. The number of nitrogens with one attached hydrogen (secondary N) is 1. The lowest BCUT2D eigenvalue weighted by Gasteiger charge is -2.07. The Hall–Kier alpha value is -3.43. The minimum Gasteiger partial charge on any atom is -0.323 e. The highest BCUT2D eigenvalue weighted by Crippen LogP contribution is 2.36. The van der Waals surface area contributed by atoms with Gasteiger partial charge in [-0.1, -0.05) is 54.2 Å². The number of thiazole rings is 1. The predicted molar refractivity (Wildman–Crippen MR) is 129 cm³/mol. The van der Waals surface area contributed by atoms with Gasteiger partial charge in [-0.05, 0) is 17.2 Å². The largest absolute Gasteiger partial charge is 0.323 e. The van der Waals surface area contributed by atoms with E-state index in [2.05, 4.69) is 27.4 Å². The van der Waals surface area contributed by atoms with Gasteiger partial charge < -0.3 is 4.57 Å². The molecule has 9 heteroatoms. The highest BCUT2D eigenvalue weighted by atomic mass is 32.2. The molecule has 0 aliphatic heterocycles. The third-order valence-electron chi connectivity index (χ3n) is 5.61. The maximum Gasteiger partial charge on any atom is 0.291 e. The Morgan fingerprint density at radius 1 is 1.06 bits per heavy atom. The van der Waals surface area contributed by atoms with E-state index in [1.165, 1.54) is 10.2 Å². The molecule has 0 radical (unpaired) electrons. The molecular formula is C23H18N6OS2. The molecule has 0 unspecified atom stereocenters. The Morgan fingerprint density at radius 3 is 2.81 bits per heavy atom. The van der Waals surface area contributed by atoms with Crippen molar-refractivity contribution in [2.75, 3.05) is 0 Å². The summed E-state index contributed by atoms with van der Waals surface area (Å²) in [6.07, 6.45) is 3.57. The first-order valence-corrected chi connectivity index (χ1v) is 11.9. The Kier molecular flexibility index (Phi) is 4.58. The monoisotopic (exact) mass is 458 g/mol. The van der Waals surface area contributed by atoms with Gasteiger partial charge in [-0.25, -0.2) is 9.67 Å². The van der Waals surface area contributed by atoms with Crippen molar-refractivity contribution in [1.29, 1.82) is 0 Å². The summed E-state index contributed by atoms with van der Waals surface area (Å²) in [5, 5.41) is 13.4. The number of rotatable bonds is 5. The summed E-state index contributed by atoms with van der Waals surface area (Å²) in [5.41, 5.74) is 4.55. The van der Waals surface area contributed by atoms with Gasteiger partial charge in [-0.2, -0.15) is 10.2 Å². The molecule has 0 saturated carbocycles. The lowest BCUT2D eigenvalue weighted by atomic mass is 10.1. The van der Waals surface area contributed by atoms with Crippen LogP contribution in [0.4, 0.5) is 0 Å². The van der Waals surface area contributed by atoms with Gasteiger partial charge in [-0.15, -0.1) is 11.3 Å². The quantitative estimate of drug-likeness (QED) is 0.383. The van der Waals surface area contributed by atoms with Crippen molar-refractivity contribution < 1.29 is 0 Å². The van der Waals surface area contributed by atoms with E-state index in [0.29, 0.717) is 12.1 Å². The van der Waals surface area contributed by atoms with Gasteiger partial charge in [0.1, 0.15) is 5.52 Å². The second-order valence-electron chi connectivity index (χ2n) is 7.58. The highest BCUT2D eigenvalue weighted by Gasteiger charge is 2.19. The van der Waals surface area contributed by atoms with Crippen molar-refractivity contribution in [2.45, 2.75) is 16.6 Å². The fourth-order valence-corrected chi connectivity index (χ4v) is 6.13. The normalized spacial score (nSPS) is 11.8. The van der Waals surface area contributed by atoms with Crippen LogP contribution in [-0.4, -0.2) is 29.5 Å². The first-order valence-electron chi connectivity index (χ1n) is 10.1. The summed E-state index contributed by atoms with van der Waals surface area (Å²) >= 11 is 3.33. The molecule has 158 valence electrons. The molecule has 32 heavy (non-hydrogen) atoms. The van der Waals surface area contributed by atoms with E-state index in [1.54, 1.807) is 35.5 Å². The molecule has 2 aromatic carbocycles. The molecule has 6 aromatic rings. The van der Waals surface area contributed by atoms with Gasteiger partial charge in [0.15, 0.2) is 9.99 Å². The van der Waals surface area contributed by atoms with Crippen molar-refractivity contribution in [1.82, 2.24) is 29.5 Å². The Balaban J connectivity index is 1.37. The summed E-state index contributed by atoms with van der Waals surface area (Å²) < 4.78 is 5.41. The Morgan fingerprint density at radius 2 is 1.94 bits per heavy atom. The predicted octanol–water partition coefficient (Wildman–Crippen LogP) is 4.56. The minimum absolute atomic E-state index is 0.116. The first kappa shape index (κ1) is 19.3. The van der Waals surface area contributed by atoms with Gasteiger partial charge in [0.05, 0.1) is 29.2 Å². The van der Waals surface area contributed by atoms with Crippen molar-refractivity contribution >= 4 is 55.3 Å². The zero-order valence-corrected chi connectivity index (χ0v) is 18.8. The van der Waals surface area contributed by atoms with Crippen LogP contribution in [0, 0.1) is 0 Å². The first-order chi connectivity index (χ1) is 15.7. The highest BCUT2D eigenvalue weighted by molar-refractivity contribution is 8.00. The van der Waals surface area contributed by atoms with Crippen molar-refractivity contribution in [3.8, 4) is 0 Å². The maximum atomic E-state index is 13.3. The van der Waals surface area contributed by atoms with E-state index in [4.69, 9.17) is 4.98 Å². The topological polar surface area (TPSA) is 81.4 Å². The maximum absolute atomic E-state index is 13.3. The van der Waals surface area contributed by atoms with Crippen LogP contribution in [0.15, 0.2) is 70.1 Å². The summed E-state index contributed by atoms with van der Waals surface area (Å²) in [6.45, 7) is 0.385. The second-order valence-corrected chi connectivity index (χ2v) is 9.81. The molecule has 7 nitrogen and oxygen atoms in total. The molecular weight excluding hydrogens is 440 g/mol. The molecule has 1 N–H and O–H groups in total. The van der Waals surface area contributed by atoms with E-state index in [-0.39, 0.29) is 5.56 Å². The van der Waals surface area contributed by atoms with E-state index in [1.807, 2.05) is 48.0 Å². The van der Waals surface area contributed by atoms with Crippen molar-refractivity contribution in [3.05, 3.63) is 82.4 Å². The van der Waals surface area contributed by atoms with Crippen LogP contribution in [0.3, 0.4) is 0 Å². The van der Waals surface area contributed by atoms with Crippen LogP contribution in [0.1, 0.15) is 11.1 Å². The second kappa shape index (κ2) is 7.61. The summed E-state index contributed by atoms with van der Waals surface area (Å²) in [5.74, 6) is 0.864. The van der Waals surface area contributed by atoms with Crippen LogP contribution in [0.2, 0.25) is 0 Å².